The van der Waals surface area contributed by atoms with Crippen molar-refractivity contribution in [3.63, 3.8) is 0 Å². The molecular formula is C21H21BF3NO3. The van der Waals surface area contributed by atoms with Crippen molar-refractivity contribution in [2.45, 2.75) is 43.7 Å². The molecule has 1 aliphatic heterocycles. The van der Waals surface area contributed by atoms with E-state index in [1.54, 1.807) is 18.2 Å². The summed E-state index contributed by atoms with van der Waals surface area (Å²) in [5.41, 5.74) is -1.05. The van der Waals surface area contributed by atoms with Crippen LogP contribution in [0.15, 0.2) is 42.5 Å². The van der Waals surface area contributed by atoms with Crippen LogP contribution in [-0.4, -0.2) is 23.1 Å². The lowest BCUT2D eigenvalue weighted by Gasteiger charge is -2.39. The second kappa shape index (κ2) is 7.18. The van der Waals surface area contributed by atoms with Crippen LogP contribution in [-0.2, 0) is 16.4 Å². The summed E-state index contributed by atoms with van der Waals surface area (Å²) >= 11 is 0. The Kier molecular flexibility index (Phi) is 4.95. The third-order valence-electron chi connectivity index (χ3n) is 6.27. The van der Waals surface area contributed by atoms with Gasteiger partial charge in [-0.1, -0.05) is 55.7 Å². The van der Waals surface area contributed by atoms with Crippen LogP contribution in [0.5, 0.6) is 0 Å². The topological polar surface area (TPSA) is 69.6 Å². The summed E-state index contributed by atoms with van der Waals surface area (Å²) in [6.07, 6.45) is -0.213. The van der Waals surface area contributed by atoms with Gasteiger partial charge in [-0.15, -0.1) is 0 Å². The van der Waals surface area contributed by atoms with Gasteiger partial charge in [-0.3, -0.25) is 4.79 Å². The van der Waals surface area contributed by atoms with Crippen LogP contribution >= 0.6 is 0 Å². The van der Waals surface area contributed by atoms with Crippen LogP contribution in [0.1, 0.15) is 48.8 Å². The van der Waals surface area contributed by atoms with Gasteiger partial charge in [0.15, 0.2) is 0 Å². The summed E-state index contributed by atoms with van der Waals surface area (Å²) in [6, 6.07) is 10.2. The molecule has 0 aromatic heterocycles. The molecule has 4 rings (SSSR count). The molecule has 1 atom stereocenters. The summed E-state index contributed by atoms with van der Waals surface area (Å²) in [5.74, 6) is -0.584. The van der Waals surface area contributed by atoms with Crippen molar-refractivity contribution in [3.05, 3.63) is 59.2 Å². The maximum absolute atomic E-state index is 13.6. The molecule has 0 unspecified atom stereocenters. The number of anilines is 1. The number of rotatable bonds is 3. The minimum Gasteiger partial charge on any atom is -0.423 e. The molecule has 29 heavy (non-hydrogen) atoms. The maximum Gasteiger partial charge on any atom is 0.488 e. The molecule has 0 radical (unpaired) electrons. The molecular weight excluding hydrogens is 382 g/mol. The zero-order valence-corrected chi connectivity index (χ0v) is 15.7. The Labute approximate surface area is 166 Å². The molecule has 152 valence electrons. The van der Waals surface area contributed by atoms with Gasteiger partial charge in [0, 0.05) is 0 Å². The molecule has 1 amide bonds. The summed E-state index contributed by atoms with van der Waals surface area (Å²) in [5, 5.41) is 21.3. The second-order valence-electron chi connectivity index (χ2n) is 7.82. The van der Waals surface area contributed by atoms with Crippen molar-refractivity contribution in [1.29, 1.82) is 0 Å². The van der Waals surface area contributed by atoms with Gasteiger partial charge in [-0.25, -0.2) is 0 Å². The second-order valence-corrected chi connectivity index (χ2v) is 7.82. The van der Waals surface area contributed by atoms with Crippen LogP contribution in [0.4, 0.5) is 18.9 Å². The summed E-state index contributed by atoms with van der Waals surface area (Å²) < 4.78 is 40.8. The molecule has 0 bridgehead atoms. The Morgan fingerprint density at radius 3 is 2.24 bits per heavy atom. The first-order chi connectivity index (χ1) is 13.8. The van der Waals surface area contributed by atoms with Gasteiger partial charge in [0.05, 0.1) is 11.3 Å². The van der Waals surface area contributed by atoms with Crippen molar-refractivity contribution in [1.82, 2.24) is 0 Å². The number of carbonyl (C=O) groups is 1. The molecule has 3 N–H and O–H groups in total. The fourth-order valence-electron chi connectivity index (χ4n) is 4.97. The van der Waals surface area contributed by atoms with Crippen LogP contribution in [0.3, 0.4) is 0 Å². The molecule has 2 aromatic rings. The Balaban J connectivity index is 1.95. The lowest BCUT2D eigenvalue weighted by atomic mass is 9.61. The molecule has 1 fully saturated rings. The van der Waals surface area contributed by atoms with Crippen molar-refractivity contribution in [3.8, 4) is 0 Å². The van der Waals surface area contributed by atoms with Gasteiger partial charge < -0.3 is 15.4 Å². The number of para-hydroxylation sites is 1. The summed E-state index contributed by atoms with van der Waals surface area (Å²) in [4.78, 5) is 13.4. The molecule has 4 nitrogen and oxygen atoms in total. The Bertz CT molecular complexity index is 924. The average Bonchev–Trinajstić information content (AvgIpc) is 3.00. The van der Waals surface area contributed by atoms with Gasteiger partial charge in [0.1, 0.15) is 5.41 Å². The molecule has 1 saturated carbocycles. The van der Waals surface area contributed by atoms with Crippen molar-refractivity contribution in [2.75, 3.05) is 5.32 Å². The summed E-state index contributed by atoms with van der Waals surface area (Å²) in [7, 11) is -1.66. The monoisotopic (exact) mass is 403 g/mol. The third-order valence-corrected chi connectivity index (χ3v) is 6.27. The van der Waals surface area contributed by atoms with Crippen LogP contribution in [0.2, 0.25) is 0 Å². The van der Waals surface area contributed by atoms with E-state index in [1.165, 1.54) is 18.2 Å². The highest BCUT2D eigenvalue weighted by molar-refractivity contribution is 6.58. The number of benzene rings is 2. The first kappa shape index (κ1) is 20.0. The minimum absolute atomic E-state index is 0.133. The van der Waals surface area contributed by atoms with Crippen LogP contribution in [0.25, 0.3) is 0 Å². The van der Waals surface area contributed by atoms with Crippen molar-refractivity contribution < 1.29 is 28.0 Å². The van der Waals surface area contributed by atoms with Crippen molar-refractivity contribution in [2.24, 2.45) is 5.92 Å². The number of halogens is 3. The predicted octanol–water partition coefficient (Wildman–Crippen LogP) is 3.20. The molecule has 1 aliphatic carbocycles. The Hall–Kier alpha value is -2.32. The van der Waals surface area contributed by atoms with E-state index < -0.39 is 30.2 Å². The summed E-state index contributed by atoms with van der Waals surface area (Å²) in [6.45, 7) is 0. The van der Waals surface area contributed by atoms with Gasteiger partial charge in [0.2, 0.25) is 5.91 Å². The standard InChI is InChI=1S/C21H21BF3NO3/c23-21(24,25)17-8-4-7-16-18(17)26-19(27)20(16,13-5-2-1-3-6-13)14-9-11-15(12-10-14)22(28)29/h4,7-13,28-29H,1-3,5-6H2,(H,26,27)/t20-/m0/s1. The van der Waals surface area contributed by atoms with Crippen LogP contribution < -0.4 is 10.8 Å². The van der Waals surface area contributed by atoms with E-state index in [0.29, 0.717) is 11.1 Å². The molecule has 1 heterocycles. The van der Waals surface area contributed by atoms with E-state index in [4.69, 9.17) is 0 Å². The van der Waals surface area contributed by atoms with E-state index >= 15 is 0 Å². The highest BCUT2D eigenvalue weighted by atomic mass is 19.4. The molecule has 0 saturated heterocycles. The van der Waals surface area contributed by atoms with E-state index in [2.05, 4.69) is 5.32 Å². The number of alkyl halides is 3. The number of amides is 1. The lowest BCUT2D eigenvalue weighted by Crippen LogP contribution is -2.44. The minimum atomic E-state index is -4.58. The number of nitrogens with one attached hydrogen (secondary N) is 1. The third kappa shape index (κ3) is 3.15. The fourth-order valence-corrected chi connectivity index (χ4v) is 4.97. The van der Waals surface area contributed by atoms with Gasteiger partial charge in [-0.05, 0) is 41.4 Å². The molecule has 8 heteroatoms. The van der Waals surface area contributed by atoms with E-state index in [-0.39, 0.29) is 17.1 Å². The van der Waals surface area contributed by atoms with E-state index in [1.807, 2.05) is 0 Å². The normalized spacial score (nSPS) is 22.3. The Morgan fingerprint density at radius 1 is 1.00 bits per heavy atom. The predicted molar refractivity (Wildman–Crippen MR) is 104 cm³/mol. The van der Waals surface area contributed by atoms with Gasteiger partial charge >= 0.3 is 13.3 Å². The Morgan fingerprint density at radius 2 is 1.66 bits per heavy atom. The largest absolute Gasteiger partial charge is 0.488 e. The zero-order chi connectivity index (χ0) is 20.8. The maximum atomic E-state index is 13.6. The van der Waals surface area contributed by atoms with Gasteiger partial charge in [0.25, 0.3) is 0 Å². The molecule has 2 aromatic carbocycles. The molecule has 2 aliphatic rings. The first-order valence-corrected chi connectivity index (χ1v) is 9.75. The lowest BCUT2D eigenvalue weighted by molar-refractivity contribution is -0.136. The quantitative estimate of drug-likeness (QED) is 0.690. The number of fused-ring (bicyclic) bond motifs is 1. The zero-order valence-electron chi connectivity index (χ0n) is 15.7. The highest BCUT2D eigenvalue weighted by Gasteiger charge is 2.55. The number of hydrogen-bond acceptors (Lipinski definition) is 3. The van der Waals surface area contributed by atoms with E-state index in [0.717, 1.165) is 38.2 Å². The van der Waals surface area contributed by atoms with E-state index in [9.17, 15) is 28.0 Å². The SMILES string of the molecule is O=C1Nc2c(C(F)(F)F)cccc2[C@@]1(c1ccc(B(O)O)cc1)C1CCCCC1. The number of carbonyl (C=O) groups excluding carboxylic acids is 1. The first-order valence-electron chi connectivity index (χ1n) is 9.75. The smallest absolute Gasteiger partial charge is 0.423 e. The van der Waals surface area contributed by atoms with Crippen LogP contribution in [0, 0.1) is 5.92 Å². The highest BCUT2D eigenvalue weighted by Crippen LogP contribution is 2.54. The average molecular weight is 403 g/mol. The van der Waals surface area contributed by atoms with Crippen molar-refractivity contribution >= 4 is 24.2 Å². The molecule has 0 spiro atoms. The van der Waals surface area contributed by atoms with Gasteiger partial charge in [-0.2, -0.15) is 13.2 Å². The fraction of sp³-hybridized carbons (Fsp3) is 0.381. The number of hydrogen-bond donors (Lipinski definition) is 3.